The number of aromatic nitrogens is 1. The van der Waals surface area contributed by atoms with Crippen molar-refractivity contribution in [3.05, 3.63) is 17.1 Å². The SMILES string of the molecule is N.c1cscn1. The van der Waals surface area contributed by atoms with E-state index in [1.54, 1.807) is 23.0 Å². The maximum absolute atomic E-state index is 3.74. The highest BCUT2D eigenvalue weighted by molar-refractivity contribution is 7.07. The van der Waals surface area contributed by atoms with E-state index in [0.29, 0.717) is 0 Å². The molecule has 0 radical (unpaired) electrons. The molecule has 0 saturated heterocycles. The van der Waals surface area contributed by atoms with Gasteiger partial charge >= 0.3 is 0 Å². The van der Waals surface area contributed by atoms with Gasteiger partial charge in [-0.25, -0.2) is 0 Å². The molecule has 0 bridgehead atoms. The summed E-state index contributed by atoms with van der Waals surface area (Å²) in [6.45, 7) is 0. The van der Waals surface area contributed by atoms with Gasteiger partial charge in [0.2, 0.25) is 0 Å². The van der Waals surface area contributed by atoms with Gasteiger partial charge in [-0.05, 0) is 0 Å². The fourth-order valence-corrected chi connectivity index (χ4v) is 0.527. The quantitative estimate of drug-likeness (QED) is 0.536. The lowest BCUT2D eigenvalue weighted by atomic mass is 11.0. The van der Waals surface area contributed by atoms with Crippen molar-refractivity contribution in [3.8, 4) is 0 Å². The lowest BCUT2D eigenvalue weighted by molar-refractivity contribution is 1.43. The molecular formula is C3H6N2S. The van der Waals surface area contributed by atoms with Crippen molar-refractivity contribution in [1.82, 2.24) is 11.1 Å². The number of hydrogen-bond acceptors (Lipinski definition) is 3. The molecule has 1 aromatic rings. The molecule has 0 atom stereocenters. The fraction of sp³-hybridized carbons (Fsp3) is 0. The molecule has 0 saturated carbocycles. The van der Waals surface area contributed by atoms with E-state index in [4.69, 9.17) is 0 Å². The second-order valence-electron chi connectivity index (χ2n) is 0.676. The zero-order valence-electron chi connectivity index (χ0n) is 3.29. The molecule has 6 heavy (non-hydrogen) atoms. The molecule has 0 fully saturated rings. The zero-order chi connectivity index (χ0) is 3.54. The highest BCUT2D eigenvalue weighted by atomic mass is 32.1. The van der Waals surface area contributed by atoms with E-state index >= 15 is 0 Å². The summed E-state index contributed by atoms with van der Waals surface area (Å²) in [5.41, 5.74) is 1.79. The summed E-state index contributed by atoms with van der Waals surface area (Å²) in [5, 5.41) is 1.93. The smallest absolute Gasteiger partial charge is 0.0791 e. The van der Waals surface area contributed by atoms with E-state index in [2.05, 4.69) is 4.98 Å². The third-order valence-corrected chi connectivity index (χ3v) is 0.869. The van der Waals surface area contributed by atoms with Crippen LogP contribution in [0, 0.1) is 0 Å². The van der Waals surface area contributed by atoms with Gasteiger partial charge in [0.15, 0.2) is 0 Å². The molecule has 0 aliphatic carbocycles. The maximum Gasteiger partial charge on any atom is 0.0791 e. The Morgan fingerprint density at radius 2 is 2.33 bits per heavy atom. The van der Waals surface area contributed by atoms with Crippen LogP contribution in [-0.2, 0) is 0 Å². The van der Waals surface area contributed by atoms with Gasteiger partial charge in [-0.1, -0.05) is 0 Å². The monoisotopic (exact) mass is 102 g/mol. The van der Waals surface area contributed by atoms with Crippen LogP contribution in [0.25, 0.3) is 0 Å². The first-order valence-corrected chi connectivity index (χ1v) is 2.26. The number of nitrogens with zero attached hydrogens (tertiary/aromatic N) is 1. The average Bonchev–Trinajstić information content (AvgIpc) is 1.76. The van der Waals surface area contributed by atoms with E-state index in [9.17, 15) is 0 Å². The summed E-state index contributed by atoms with van der Waals surface area (Å²) in [5.74, 6) is 0. The van der Waals surface area contributed by atoms with E-state index in [-0.39, 0.29) is 6.15 Å². The second-order valence-corrected chi connectivity index (χ2v) is 1.43. The van der Waals surface area contributed by atoms with Crippen LogP contribution in [0.4, 0.5) is 0 Å². The van der Waals surface area contributed by atoms with E-state index in [1.165, 1.54) is 0 Å². The Morgan fingerprint density at radius 1 is 1.50 bits per heavy atom. The predicted octanol–water partition coefficient (Wildman–Crippen LogP) is 1.31. The van der Waals surface area contributed by atoms with Gasteiger partial charge in [-0.2, -0.15) is 0 Å². The number of rotatable bonds is 0. The minimum absolute atomic E-state index is 0. The Bertz CT molecular complexity index is 65.3. The third-order valence-electron chi connectivity index (χ3n) is 0.347. The van der Waals surface area contributed by atoms with Gasteiger partial charge in [0, 0.05) is 11.6 Å². The minimum Gasteiger partial charge on any atom is -0.344 e. The molecule has 1 rings (SSSR count). The molecule has 1 heterocycles. The maximum atomic E-state index is 3.74. The van der Waals surface area contributed by atoms with Crippen molar-refractivity contribution in [1.29, 1.82) is 0 Å². The minimum atomic E-state index is 0. The third kappa shape index (κ3) is 1.14. The van der Waals surface area contributed by atoms with Crippen LogP contribution in [0.2, 0.25) is 0 Å². The first-order valence-electron chi connectivity index (χ1n) is 1.32. The highest BCUT2D eigenvalue weighted by Crippen LogP contribution is 1.85. The van der Waals surface area contributed by atoms with Gasteiger partial charge < -0.3 is 6.15 Å². The molecular weight excluding hydrogens is 96.1 g/mol. The molecule has 0 spiro atoms. The fourth-order valence-electron chi connectivity index (χ4n) is 0.176. The molecule has 1 aromatic heterocycles. The average molecular weight is 102 g/mol. The van der Waals surface area contributed by atoms with Gasteiger partial charge in [0.25, 0.3) is 0 Å². The van der Waals surface area contributed by atoms with E-state index in [0.717, 1.165) is 0 Å². The Balaban J connectivity index is 0.000000250. The van der Waals surface area contributed by atoms with Gasteiger partial charge in [-0.15, -0.1) is 11.3 Å². The zero-order valence-corrected chi connectivity index (χ0v) is 4.11. The van der Waals surface area contributed by atoms with Crippen molar-refractivity contribution in [3.63, 3.8) is 0 Å². The topological polar surface area (TPSA) is 47.9 Å². The molecule has 2 nitrogen and oxygen atoms in total. The van der Waals surface area contributed by atoms with Crippen LogP contribution in [0.5, 0.6) is 0 Å². The van der Waals surface area contributed by atoms with Gasteiger partial charge in [0.1, 0.15) is 0 Å². The normalized spacial score (nSPS) is 6.67. The van der Waals surface area contributed by atoms with Crippen molar-refractivity contribution in [2.24, 2.45) is 0 Å². The van der Waals surface area contributed by atoms with Crippen LogP contribution >= 0.6 is 11.3 Å². The van der Waals surface area contributed by atoms with Crippen LogP contribution < -0.4 is 6.15 Å². The Hall–Kier alpha value is -0.410. The summed E-state index contributed by atoms with van der Waals surface area (Å²) in [6, 6.07) is 0. The molecule has 3 N–H and O–H groups in total. The first kappa shape index (κ1) is 5.59. The van der Waals surface area contributed by atoms with E-state index in [1.807, 2.05) is 5.38 Å². The van der Waals surface area contributed by atoms with Crippen molar-refractivity contribution in [2.45, 2.75) is 0 Å². The Morgan fingerprint density at radius 3 is 2.50 bits per heavy atom. The standard InChI is InChI=1S/C3H3NS.H3N/c1-2-5-3-4-1;/h1-3H;1H3. The number of hydrogen-bond donors (Lipinski definition) is 1. The van der Waals surface area contributed by atoms with Crippen LogP contribution in [0.15, 0.2) is 17.1 Å². The number of thiazole rings is 1. The summed E-state index contributed by atoms with van der Waals surface area (Å²) < 4.78 is 0. The lowest BCUT2D eigenvalue weighted by Crippen LogP contribution is -1.38. The summed E-state index contributed by atoms with van der Waals surface area (Å²) in [6.07, 6.45) is 1.77. The highest BCUT2D eigenvalue weighted by Gasteiger charge is 1.59. The van der Waals surface area contributed by atoms with Crippen molar-refractivity contribution < 1.29 is 0 Å². The van der Waals surface area contributed by atoms with Crippen LogP contribution in [0.1, 0.15) is 0 Å². The van der Waals surface area contributed by atoms with Crippen molar-refractivity contribution in [2.75, 3.05) is 0 Å². The summed E-state index contributed by atoms with van der Waals surface area (Å²) in [7, 11) is 0. The summed E-state index contributed by atoms with van der Waals surface area (Å²) >= 11 is 1.60. The molecule has 0 aliphatic heterocycles. The molecule has 3 heteroatoms. The second kappa shape index (κ2) is 2.81. The first-order chi connectivity index (χ1) is 2.50. The van der Waals surface area contributed by atoms with Gasteiger partial charge in [-0.3, -0.25) is 4.98 Å². The molecule has 34 valence electrons. The van der Waals surface area contributed by atoms with Crippen LogP contribution in [0.3, 0.4) is 0 Å². The molecule has 0 aliphatic rings. The lowest BCUT2D eigenvalue weighted by Gasteiger charge is -1.41. The summed E-state index contributed by atoms with van der Waals surface area (Å²) in [4.78, 5) is 3.74. The Labute approximate surface area is 40.4 Å². The predicted molar refractivity (Wildman–Crippen MR) is 27.1 cm³/mol. The largest absolute Gasteiger partial charge is 0.344 e. The molecule has 0 unspecified atom stereocenters. The van der Waals surface area contributed by atoms with E-state index < -0.39 is 0 Å². The Kier molecular flexibility index (Phi) is 2.62. The van der Waals surface area contributed by atoms with Gasteiger partial charge in [0.05, 0.1) is 5.51 Å². The molecule has 0 amide bonds. The van der Waals surface area contributed by atoms with Crippen LogP contribution in [-0.4, -0.2) is 4.98 Å². The van der Waals surface area contributed by atoms with Crippen molar-refractivity contribution >= 4 is 11.3 Å². The molecule has 0 aromatic carbocycles.